The lowest BCUT2D eigenvalue weighted by Gasteiger charge is -2.06. The van der Waals surface area contributed by atoms with Crippen molar-refractivity contribution in [2.24, 2.45) is 0 Å². The smallest absolute Gasteiger partial charge is 0.350 e. The van der Waals surface area contributed by atoms with E-state index in [-0.39, 0.29) is 5.69 Å². The number of aromatic amines is 1. The summed E-state index contributed by atoms with van der Waals surface area (Å²) < 4.78 is 7.02. The van der Waals surface area contributed by atoms with E-state index in [1.807, 2.05) is 30.3 Å². The molecule has 3 aromatic rings. The Hall–Kier alpha value is -2.56. The summed E-state index contributed by atoms with van der Waals surface area (Å²) in [6, 6.07) is 14.5. The van der Waals surface area contributed by atoms with Crippen molar-refractivity contribution in [1.82, 2.24) is 14.6 Å². The average Bonchev–Trinajstić information content (AvgIpc) is 2.74. The number of para-hydroxylation sites is 1. The third kappa shape index (κ3) is 1.67. The van der Waals surface area contributed by atoms with Gasteiger partial charge in [-0.05, 0) is 24.3 Å². The molecule has 0 radical (unpaired) electrons. The van der Waals surface area contributed by atoms with E-state index in [0.717, 1.165) is 0 Å². The van der Waals surface area contributed by atoms with E-state index in [9.17, 15) is 4.79 Å². The fourth-order valence-corrected chi connectivity index (χ4v) is 1.61. The van der Waals surface area contributed by atoms with Crippen LogP contribution in [-0.2, 0) is 0 Å². The quantitative estimate of drug-likeness (QED) is 0.726. The number of benzene rings is 1. The normalized spacial score (nSPS) is 10.6. The van der Waals surface area contributed by atoms with Gasteiger partial charge in [0.05, 0.1) is 0 Å². The topological polar surface area (TPSA) is 59.4 Å². The van der Waals surface area contributed by atoms with Crippen molar-refractivity contribution in [3.8, 4) is 11.6 Å². The van der Waals surface area contributed by atoms with Crippen LogP contribution in [0.2, 0.25) is 0 Å². The molecule has 2 aromatic heterocycles. The second-order valence-corrected chi connectivity index (χ2v) is 3.50. The molecule has 0 aliphatic rings. The number of rotatable bonds is 2. The minimum absolute atomic E-state index is 0.313. The van der Waals surface area contributed by atoms with Crippen LogP contribution < -0.4 is 10.4 Å². The van der Waals surface area contributed by atoms with E-state index in [1.165, 1.54) is 4.40 Å². The van der Waals surface area contributed by atoms with E-state index in [4.69, 9.17) is 4.74 Å². The molecule has 84 valence electrons. The number of H-pyrrole nitrogens is 1. The van der Waals surface area contributed by atoms with Crippen LogP contribution in [0.4, 0.5) is 0 Å². The average molecular weight is 227 g/mol. The second-order valence-electron chi connectivity index (χ2n) is 3.50. The van der Waals surface area contributed by atoms with Gasteiger partial charge in [0, 0.05) is 0 Å². The highest BCUT2D eigenvalue weighted by atomic mass is 16.5. The van der Waals surface area contributed by atoms with E-state index in [0.29, 0.717) is 17.3 Å². The van der Waals surface area contributed by atoms with Crippen molar-refractivity contribution in [2.75, 3.05) is 0 Å². The molecular formula is C12H9N3O2. The summed E-state index contributed by atoms with van der Waals surface area (Å²) >= 11 is 0. The van der Waals surface area contributed by atoms with Gasteiger partial charge in [-0.3, -0.25) is 0 Å². The van der Waals surface area contributed by atoms with Crippen molar-refractivity contribution in [2.45, 2.75) is 0 Å². The van der Waals surface area contributed by atoms with Crippen LogP contribution >= 0.6 is 0 Å². The molecule has 0 aliphatic heterocycles. The molecule has 0 atom stereocenters. The van der Waals surface area contributed by atoms with E-state index < -0.39 is 0 Å². The Morgan fingerprint density at radius 3 is 2.71 bits per heavy atom. The third-order valence-corrected chi connectivity index (χ3v) is 2.37. The van der Waals surface area contributed by atoms with Gasteiger partial charge in [0.1, 0.15) is 5.75 Å². The number of hydrogen-bond acceptors (Lipinski definition) is 3. The Balaban J connectivity index is 2.12. The van der Waals surface area contributed by atoms with Crippen LogP contribution in [0.5, 0.6) is 11.6 Å². The zero-order valence-electron chi connectivity index (χ0n) is 8.83. The molecule has 1 N–H and O–H groups in total. The number of fused-ring (bicyclic) bond motifs is 1. The van der Waals surface area contributed by atoms with Gasteiger partial charge in [-0.25, -0.2) is 14.3 Å². The lowest BCUT2D eigenvalue weighted by atomic mass is 10.3. The first-order valence-corrected chi connectivity index (χ1v) is 5.14. The van der Waals surface area contributed by atoms with Crippen LogP contribution in [0.15, 0.2) is 53.3 Å². The number of nitrogens with zero attached hydrogens (tertiary/aromatic N) is 2. The molecule has 5 heteroatoms. The summed E-state index contributed by atoms with van der Waals surface area (Å²) in [4.78, 5) is 11.6. The molecule has 0 unspecified atom stereocenters. The number of hydrogen-bond donors (Lipinski definition) is 1. The van der Waals surface area contributed by atoms with Crippen LogP contribution in [0.25, 0.3) is 5.65 Å². The minimum Gasteiger partial charge on any atom is -0.440 e. The van der Waals surface area contributed by atoms with Crippen LogP contribution in [0, 0.1) is 0 Å². The maximum absolute atomic E-state index is 11.6. The number of aromatic nitrogens is 3. The number of nitrogens with one attached hydrogen (secondary N) is 1. The highest BCUT2D eigenvalue weighted by molar-refractivity contribution is 5.41. The summed E-state index contributed by atoms with van der Waals surface area (Å²) in [5.74, 6) is 1.11. The summed E-state index contributed by atoms with van der Waals surface area (Å²) in [7, 11) is 0. The highest BCUT2D eigenvalue weighted by Gasteiger charge is 2.06. The summed E-state index contributed by atoms with van der Waals surface area (Å²) in [5.41, 5.74) is 0.218. The lowest BCUT2D eigenvalue weighted by Crippen LogP contribution is -2.10. The Kier molecular flexibility index (Phi) is 2.15. The molecule has 0 aliphatic carbocycles. The number of pyridine rings is 1. The zero-order chi connectivity index (χ0) is 11.7. The Labute approximate surface area is 96.3 Å². The van der Waals surface area contributed by atoms with Crippen LogP contribution in [-0.4, -0.2) is 14.6 Å². The van der Waals surface area contributed by atoms with Crippen molar-refractivity contribution in [3.63, 3.8) is 0 Å². The number of ether oxygens (including phenoxy) is 1. The third-order valence-electron chi connectivity index (χ3n) is 2.37. The lowest BCUT2D eigenvalue weighted by molar-refractivity contribution is 0.454. The maximum atomic E-state index is 11.6. The van der Waals surface area contributed by atoms with Gasteiger partial charge in [-0.2, -0.15) is 5.10 Å². The Morgan fingerprint density at radius 2 is 1.88 bits per heavy atom. The van der Waals surface area contributed by atoms with Crippen molar-refractivity contribution < 1.29 is 4.74 Å². The summed E-state index contributed by atoms with van der Waals surface area (Å²) in [6.07, 6.45) is 0. The van der Waals surface area contributed by atoms with Gasteiger partial charge in [0.15, 0.2) is 5.65 Å². The van der Waals surface area contributed by atoms with Crippen molar-refractivity contribution in [1.29, 1.82) is 0 Å². The fraction of sp³-hybridized carbons (Fsp3) is 0. The molecule has 17 heavy (non-hydrogen) atoms. The molecule has 0 spiro atoms. The SMILES string of the molecule is O=c1[nH]nc2cccc(Oc3ccccc3)n12. The van der Waals surface area contributed by atoms with E-state index in [2.05, 4.69) is 10.2 Å². The standard InChI is InChI=1S/C12H9N3O2/c16-12-14-13-10-7-4-8-11(15(10)12)17-9-5-2-1-3-6-9/h1-8H,(H,14,16). The van der Waals surface area contributed by atoms with Gasteiger partial charge in [-0.15, -0.1) is 0 Å². The molecular weight excluding hydrogens is 218 g/mol. The van der Waals surface area contributed by atoms with Gasteiger partial charge in [0.25, 0.3) is 0 Å². The maximum Gasteiger partial charge on any atom is 0.350 e. The molecule has 0 bridgehead atoms. The first-order valence-electron chi connectivity index (χ1n) is 5.14. The van der Waals surface area contributed by atoms with Crippen molar-refractivity contribution >= 4 is 5.65 Å². The zero-order valence-corrected chi connectivity index (χ0v) is 8.83. The molecule has 0 fully saturated rings. The van der Waals surface area contributed by atoms with Gasteiger partial charge in [0.2, 0.25) is 5.88 Å². The minimum atomic E-state index is -0.313. The molecule has 1 aromatic carbocycles. The molecule has 2 heterocycles. The molecule has 5 nitrogen and oxygen atoms in total. The second kappa shape index (κ2) is 3.79. The molecule has 0 amide bonds. The van der Waals surface area contributed by atoms with Gasteiger partial charge >= 0.3 is 5.69 Å². The predicted molar refractivity (Wildman–Crippen MR) is 62.3 cm³/mol. The fourth-order valence-electron chi connectivity index (χ4n) is 1.61. The largest absolute Gasteiger partial charge is 0.440 e. The Bertz CT molecular complexity index is 700. The van der Waals surface area contributed by atoms with Gasteiger partial charge < -0.3 is 4.74 Å². The van der Waals surface area contributed by atoms with Crippen LogP contribution in [0.1, 0.15) is 0 Å². The van der Waals surface area contributed by atoms with Gasteiger partial charge in [-0.1, -0.05) is 24.3 Å². The molecule has 0 saturated carbocycles. The summed E-state index contributed by atoms with van der Waals surface area (Å²) in [6.45, 7) is 0. The first kappa shape index (κ1) is 9.65. The predicted octanol–water partition coefficient (Wildman–Crippen LogP) is 1.81. The summed E-state index contributed by atoms with van der Waals surface area (Å²) in [5, 5.41) is 6.25. The Morgan fingerprint density at radius 1 is 1.06 bits per heavy atom. The van der Waals surface area contributed by atoms with Crippen LogP contribution in [0.3, 0.4) is 0 Å². The van der Waals surface area contributed by atoms with E-state index >= 15 is 0 Å². The van der Waals surface area contributed by atoms with Crippen molar-refractivity contribution in [3.05, 3.63) is 59.0 Å². The highest BCUT2D eigenvalue weighted by Crippen LogP contribution is 2.19. The molecule has 3 rings (SSSR count). The monoisotopic (exact) mass is 227 g/mol. The molecule has 0 saturated heterocycles. The van der Waals surface area contributed by atoms with E-state index in [1.54, 1.807) is 18.2 Å². The first-order chi connectivity index (χ1) is 8.34.